The zero-order chi connectivity index (χ0) is 14.1. The van der Waals surface area contributed by atoms with Crippen LogP contribution in [0.4, 0.5) is 0 Å². The molecule has 114 valence electrons. The number of rotatable bonds is 3. The molecule has 3 nitrogen and oxygen atoms in total. The lowest BCUT2D eigenvalue weighted by Crippen LogP contribution is -2.65. The van der Waals surface area contributed by atoms with Crippen LogP contribution in [0.25, 0.3) is 0 Å². The van der Waals surface area contributed by atoms with Gasteiger partial charge in [-0.1, -0.05) is 19.3 Å². The van der Waals surface area contributed by atoms with E-state index in [0.29, 0.717) is 5.54 Å². The minimum Gasteiger partial charge on any atom is -0.311 e. The third kappa shape index (κ3) is 2.86. The molecule has 1 atom stereocenters. The van der Waals surface area contributed by atoms with E-state index in [1.165, 1.54) is 63.6 Å². The molecule has 1 aromatic rings. The average molecular weight is 285 g/mol. The molecule has 3 aliphatic rings. The maximum Gasteiger partial charge on any atom is 0.0338 e. The van der Waals surface area contributed by atoms with Crippen LogP contribution in [0.3, 0.4) is 0 Å². The van der Waals surface area contributed by atoms with E-state index in [4.69, 9.17) is 0 Å². The van der Waals surface area contributed by atoms with Gasteiger partial charge in [0.2, 0.25) is 0 Å². The Kier molecular flexibility index (Phi) is 3.72. The number of nitrogens with zero attached hydrogens (tertiary/aromatic N) is 2. The highest BCUT2D eigenvalue weighted by Gasteiger charge is 2.45. The molecule has 1 unspecified atom stereocenters. The summed E-state index contributed by atoms with van der Waals surface area (Å²) in [5.41, 5.74) is 1.85. The van der Waals surface area contributed by atoms with Gasteiger partial charge in [0.25, 0.3) is 0 Å². The second kappa shape index (κ2) is 5.69. The molecule has 0 bridgehead atoms. The summed E-state index contributed by atoms with van der Waals surface area (Å²) in [5.74, 6) is 0.950. The molecule has 2 saturated carbocycles. The largest absolute Gasteiger partial charge is 0.311 e. The fraction of sp³-hybridized carbons (Fsp3) is 0.722. The van der Waals surface area contributed by atoms with Gasteiger partial charge in [0.1, 0.15) is 0 Å². The molecule has 1 N–H and O–H groups in total. The third-order valence-corrected chi connectivity index (χ3v) is 5.88. The van der Waals surface area contributed by atoms with Gasteiger partial charge in [0.15, 0.2) is 0 Å². The quantitative estimate of drug-likeness (QED) is 0.925. The smallest absolute Gasteiger partial charge is 0.0338 e. The van der Waals surface area contributed by atoms with Crippen molar-refractivity contribution in [2.24, 2.45) is 5.92 Å². The molecule has 0 aromatic carbocycles. The van der Waals surface area contributed by atoms with Crippen LogP contribution in [0.2, 0.25) is 0 Å². The summed E-state index contributed by atoms with van der Waals surface area (Å²) in [4.78, 5) is 6.99. The predicted molar refractivity (Wildman–Crippen MR) is 85.0 cm³/mol. The van der Waals surface area contributed by atoms with Gasteiger partial charge in [-0.2, -0.15) is 0 Å². The minimum atomic E-state index is 0.424. The topological polar surface area (TPSA) is 28.2 Å². The molecule has 2 heterocycles. The first-order chi connectivity index (χ1) is 10.4. The van der Waals surface area contributed by atoms with E-state index >= 15 is 0 Å². The molecular weight excluding hydrogens is 258 g/mol. The monoisotopic (exact) mass is 285 g/mol. The van der Waals surface area contributed by atoms with Crippen LogP contribution in [0.1, 0.15) is 50.5 Å². The van der Waals surface area contributed by atoms with E-state index in [0.717, 1.165) is 18.5 Å². The van der Waals surface area contributed by atoms with Crippen molar-refractivity contribution in [1.82, 2.24) is 15.2 Å². The highest BCUT2D eigenvalue weighted by Crippen LogP contribution is 2.40. The summed E-state index contributed by atoms with van der Waals surface area (Å²) in [6.45, 7) is 3.56. The van der Waals surface area contributed by atoms with Crippen LogP contribution in [-0.2, 0) is 6.54 Å². The normalized spacial score (nSPS) is 29.6. The van der Waals surface area contributed by atoms with E-state index in [1.807, 2.05) is 12.4 Å². The van der Waals surface area contributed by atoms with Crippen molar-refractivity contribution in [1.29, 1.82) is 0 Å². The summed E-state index contributed by atoms with van der Waals surface area (Å²) in [5, 5.41) is 3.90. The van der Waals surface area contributed by atoms with Gasteiger partial charge in [-0.05, 0) is 49.3 Å². The molecule has 21 heavy (non-hydrogen) atoms. The van der Waals surface area contributed by atoms with Crippen LogP contribution >= 0.6 is 0 Å². The Morgan fingerprint density at radius 3 is 2.62 bits per heavy atom. The lowest BCUT2D eigenvalue weighted by molar-refractivity contribution is -0.000294. The average Bonchev–Trinajstić information content (AvgIpc) is 3.37. The number of hydrogen-bond donors (Lipinski definition) is 1. The Hall–Kier alpha value is -0.930. The summed E-state index contributed by atoms with van der Waals surface area (Å²) < 4.78 is 0. The van der Waals surface area contributed by atoms with Crippen molar-refractivity contribution in [3.05, 3.63) is 30.1 Å². The minimum absolute atomic E-state index is 0.424. The van der Waals surface area contributed by atoms with E-state index in [1.54, 1.807) is 0 Å². The van der Waals surface area contributed by atoms with Crippen molar-refractivity contribution >= 4 is 0 Å². The number of piperazine rings is 1. The number of hydrogen-bond acceptors (Lipinski definition) is 3. The van der Waals surface area contributed by atoms with Gasteiger partial charge in [-0.3, -0.25) is 9.88 Å². The molecule has 3 heteroatoms. The number of nitrogens with one attached hydrogen (secondary N) is 1. The summed E-state index contributed by atoms with van der Waals surface area (Å²) in [7, 11) is 0. The van der Waals surface area contributed by atoms with E-state index in [9.17, 15) is 0 Å². The van der Waals surface area contributed by atoms with E-state index in [-0.39, 0.29) is 0 Å². The molecule has 4 rings (SSSR count). The molecule has 0 radical (unpaired) electrons. The Labute approximate surface area is 128 Å². The van der Waals surface area contributed by atoms with Crippen LogP contribution in [0, 0.1) is 5.92 Å². The first kappa shape index (κ1) is 13.7. The lowest BCUT2D eigenvalue weighted by atomic mass is 9.78. The van der Waals surface area contributed by atoms with Crippen LogP contribution < -0.4 is 5.32 Å². The second-order valence-corrected chi connectivity index (χ2v) is 7.35. The molecule has 3 fully saturated rings. The molecule has 1 aliphatic heterocycles. The Balaban J connectivity index is 1.54. The number of pyridine rings is 1. The summed E-state index contributed by atoms with van der Waals surface area (Å²) in [6, 6.07) is 5.11. The van der Waals surface area contributed by atoms with Crippen LogP contribution in [0.15, 0.2) is 24.5 Å². The van der Waals surface area contributed by atoms with Gasteiger partial charge < -0.3 is 5.32 Å². The second-order valence-electron chi connectivity index (χ2n) is 7.35. The van der Waals surface area contributed by atoms with Gasteiger partial charge in [-0.25, -0.2) is 0 Å². The van der Waals surface area contributed by atoms with Gasteiger partial charge in [0.05, 0.1) is 0 Å². The molecular formula is C18H27N3. The Bertz CT molecular complexity index is 463. The van der Waals surface area contributed by atoms with E-state index < -0.39 is 0 Å². The Morgan fingerprint density at radius 2 is 1.90 bits per heavy atom. The Morgan fingerprint density at radius 1 is 1.14 bits per heavy atom. The first-order valence-electron chi connectivity index (χ1n) is 8.73. The van der Waals surface area contributed by atoms with Crippen molar-refractivity contribution in [3.8, 4) is 0 Å². The highest BCUT2D eigenvalue weighted by molar-refractivity contribution is 5.12. The van der Waals surface area contributed by atoms with Crippen molar-refractivity contribution in [3.63, 3.8) is 0 Å². The zero-order valence-corrected chi connectivity index (χ0v) is 12.9. The van der Waals surface area contributed by atoms with Gasteiger partial charge >= 0.3 is 0 Å². The first-order valence-corrected chi connectivity index (χ1v) is 8.73. The molecule has 2 aliphatic carbocycles. The number of aromatic nitrogens is 1. The SMILES string of the molecule is c1cc(CN2CC(C3CC3)NCC23CCCCC3)ccn1. The fourth-order valence-electron chi connectivity index (χ4n) is 4.39. The molecule has 1 aromatic heterocycles. The zero-order valence-electron chi connectivity index (χ0n) is 12.9. The van der Waals surface area contributed by atoms with Crippen molar-refractivity contribution < 1.29 is 0 Å². The third-order valence-electron chi connectivity index (χ3n) is 5.88. The van der Waals surface area contributed by atoms with E-state index in [2.05, 4.69) is 27.3 Å². The maximum atomic E-state index is 4.16. The summed E-state index contributed by atoms with van der Waals surface area (Å²) in [6.07, 6.45) is 13.7. The van der Waals surface area contributed by atoms with Gasteiger partial charge in [-0.15, -0.1) is 0 Å². The standard InChI is InChI=1S/C18H27N3/c1-2-8-18(9-3-1)14-20-17(16-4-5-16)13-21(18)12-15-6-10-19-11-7-15/h6-7,10-11,16-17,20H,1-5,8-9,12-14H2. The van der Waals surface area contributed by atoms with Crippen LogP contribution in [0.5, 0.6) is 0 Å². The predicted octanol–water partition coefficient (Wildman–Crippen LogP) is 2.97. The molecule has 1 saturated heterocycles. The fourth-order valence-corrected chi connectivity index (χ4v) is 4.39. The maximum absolute atomic E-state index is 4.16. The molecule has 1 spiro atoms. The van der Waals surface area contributed by atoms with Crippen molar-refractivity contribution in [2.45, 2.75) is 63.1 Å². The molecule has 0 amide bonds. The van der Waals surface area contributed by atoms with Gasteiger partial charge in [0, 0.05) is 43.6 Å². The summed E-state index contributed by atoms with van der Waals surface area (Å²) >= 11 is 0. The highest BCUT2D eigenvalue weighted by atomic mass is 15.3. The lowest BCUT2D eigenvalue weighted by Gasteiger charge is -2.52. The van der Waals surface area contributed by atoms with Crippen LogP contribution in [-0.4, -0.2) is 34.6 Å². The van der Waals surface area contributed by atoms with Crippen molar-refractivity contribution in [2.75, 3.05) is 13.1 Å².